The lowest BCUT2D eigenvalue weighted by Gasteiger charge is -2.08. The van der Waals surface area contributed by atoms with E-state index in [1.54, 1.807) is 0 Å². The van der Waals surface area contributed by atoms with Gasteiger partial charge in [0, 0.05) is 5.69 Å². The van der Waals surface area contributed by atoms with Crippen molar-refractivity contribution in [2.75, 3.05) is 5.32 Å². The second kappa shape index (κ2) is 7.08. The van der Waals surface area contributed by atoms with Crippen LogP contribution in [-0.2, 0) is 17.6 Å². The van der Waals surface area contributed by atoms with Gasteiger partial charge in [-0.2, -0.15) is 4.98 Å². The highest BCUT2D eigenvalue weighted by Gasteiger charge is 2.12. The molecule has 5 heteroatoms. The zero-order valence-electron chi connectivity index (χ0n) is 13.7. The summed E-state index contributed by atoms with van der Waals surface area (Å²) in [5.41, 5.74) is 4.02. The molecular formula is C19H19N3O2. The van der Waals surface area contributed by atoms with Gasteiger partial charge in [0.15, 0.2) is 5.82 Å². The third-order valence-electron chi connectivity index (χ3n) is 3.69. The van der Waals surface area contributed by atoms with E-state index < -0.39 is 0 Å². The van der Waals surface area contributed by atoms with Gasteiger partial charge in [0.1, 0.15) is 0 Å². The largest absolute Gasteiger partial charge is 0.339 e. The van der Waals surface area contributed by atoms with Crippen LogP contribution < -0.4 is 5.32 Å². The number of hydrogen-bond acceptors (Lipinski definition) is 4. The van der Waals surface area contributed by atoms with E-state index in [2.05, 4.69) is 15.5 Å². The summed E-state index contributed by atoms with van der Waals surface area (Å²) in [6.45, 7) is 3.95. The van der Waals surface area contributed by atoms with E-state index in [9.17, 15) is 4.79 Å². The fourth-order valence-corrected chi connectivity index (χ4v) is 2.41. The molecule has 1 amide bonds. The van der Waals surface area contributed by atoms with Crippen molar-refractivity contribution < 1.29 is 9.32 Å². The summed E-state index contributed by atoms with van der Waals surface area (Å²) < 4.78 is 5.22. The van der Waals surface area contributed by atoms with Crippen molar-refractivity contribution in [2.45, 2.75) is 26.7 Å². The molecule has 1 aromatic heterocycles. The Kier molecular flexibility index (Phi) is 4.70. The van der Waals surface area contributed by atoms with Crippen molar-refractivity contribution in [3.8, 4) is 0 Å². The van der Waals surface area contributed by atoms with Crippen molar-refractivity contribution in [3.63, 3.8) is 0 Å². The van der Waals surface area contributed by atoms with Gasteiger partial charge in [0.25, 0.3) is 0 Å². The molecule has 24 heavy (non-hydrogen) atoms. The van der Waals surface area contributed by atoms with Gasteiger partial charge in [-0.1, -0.05) is 47.6 Å². The molecule has 3 rings (SSSR count). The number of nitrogens with zero attached hydrogens (tertiary/aromatic N) is 2. The Bertz CT molecular complexity index is 841. The van der Waals surface area contributed by atoms with Crippen LogP contribution in [0, 0.1) is 13.8 Å². The molecule has 0 saturated heterocycles. The molecule has 0 aliphatic rings. The Morgan fingerprint density at radius 1 is 1.12 bits per heavy atom. The fraction of sp³-hybridized carbons (Fsp3) is 0.211. The van der Waals surface area contributed by atoms with Crippen LogP contribution in [0.5, 0.6) is 0 Å². The van der Waals surface area contributed by atoms with E-state index in [1.807, 2.05) is 62.4 Å². The first kappa shape index (κ1) is 15.9. The van der Waals surface area contributed by atoms with Crippen molar-refractivity contribution in [2.24, 2.45) is 0 Å². The van der Waals surface area contributed by atoms with E-state index in [0.29, 0.717) is 18.1 Å². The van der Waals surface area contributed by atoms with E-state index in [-0.39, 0.29) is 12.3 Å². The van der Waals surface area contributed by atoms with Crippen LogP contribution in [0.4, 0.5) is 5.69 Å². The van der Waals surface area contributed by atoms with Crippen molar-refractivity contribution in [3.05, 3.63) is 76.9 Å². The van der Waals surface area contributed by atoms with Crippen LogP contribution in [0.15, 0.2) is 53.1 Å². The minimum Gasteiger partial charge on any atom is -0.339 e. The first-order valence-corrected chi connectivity index (χ1v) is 7.82. The van der Waals surface area contributed by atoms with Crippen LogP contribution in [0.3, 0.4) is 0 Å². The maximum absolute atomic E-state index is 12.2. The number of carbonyl (C=O) groups is 1. The van der Waals surface area contributed by atoms with Crippen molar-refractivity contribution in [1.29, 1.82) is 0 Å². The Balaban J connectivity index is 1.62. The lowest BCUT2D eigenvalue weighted by molar-refractivity contribution is -0.115. The minimum atomic E-state index is -0.157. The standard InChI is InChI=1S/C19H19N3O2/c1-13-8-9-14(2)16(10-13)20-18(23)12-17-21-19(24-22-17)11-15-6-4-3-5-7-15/h3-10H,11-12H2,1-2H3,(H,20,23). The molecule has 0 aliphatic carbocycles. The molecule has 0 atom stereocenters. The monoisotopic (exact) mass is 321 g/mol. The molecule has 0 radical (unpaired) electrons. The number of nitrogens with one attached hydrogen (secondary N) is 1. The predicted octanol–water partition coefficient (Wildman–Crippen LogP) is 3.46. The van der Waals surface area contributed by atoms with Crippen LogP contribution >= 0.6 is 0 Å². The number of rotatable bonds is 5. The highest BCUT2D eigenvalue weighted by molar-refractivity contribution is 5.92. The number of aromatic nitrogens is 2. The molecule has 2 aromatic carbocycles. The van der Waals surface area contributed by atoms with Gasteiger partial charge in [-0.15, -0.1) is 0 Å². The fourth-order valence-electron chi connectivity index (χ4n) is 2.41. The molecule has 0 fully saturated rings. The first-order chi connectivity index (χ1) is 11.6. The molecule has 1 heterocycles. The molecular weight excluding hydrogens is 302 g/mol. The smallest absolute Gasteiger partial charge is 0.232 e. The van der Waals surface area contributed by atoms with Gasteiger partial charge in [0.05, 0.1) is 12.8 Å². The maximum Gasteiger partial charge on any atom is 0.232 e. The number of carbonyl (C=O) groups excluding carboxylic acids is 1. The number of aryl methyl sites for hydroxylation is 2. The molecule has 0 aliphatic heterocycles. The van der Waals surface area contributed by atoms with Gasteiger partial charge in [-0.3, -0.25) is 4.79 Å². The zero-order valence-corrected chi connectivity index (χ0v) is 13.7. The van der Waals surface area contributed by atoms with E-state index >= 15 is 0 Å². The Labute approximate surface area is 140 Å². The molecule has 0 saturated carbocycles. The summed E-state index contributed by atoms with van der Waals surface area (Å²) >= 11 is 0. The lowest BCUT2D eigenvalue weighted by atomic mass is 10.1. The van der Waals surface area contributed by atoms with Gasteiger partial charge >= 0.3 is 0 Å². The van der Waals surface area contributed by atoms with Gasteiger partial charge in [-0.25, -0.2) is 0 Å². The highest BCUT2D eigenvalue weighted by Crippen LogP contribution is 2.16. The van der Waals surface area contributed by atoms with Crippen molar-refractivity contribution >= 4 is 11.6 Å². The third kappa shape index (κ3) is 4.07. The summed E-state index contributed by atoms with van der Waals surface area (Å²) in [4.78, 5) is 16.5. The average Bonchev–Trinajstić information content (AvgIpc) is 2.98. The third-order valence-corrected chi connectivity index (χ3v) is 3.69. The number of benzene rings is 2. The summed E-state index contributed by atoms with van der Waals surface area (Å²) in [6, 6.07) is 15.8. The Morgan fingerprint density at radius 2 is 1.92 bits per heavy atom. The predicted molar refractivity (Wildman–Crippen MR) is 91.8 cm³/mol. The second-order valence-electron chi connectivity index (χ2n) is 5.81. The topological polar surface area (TPSA) is 68.0 Å². The molecule has 0 unspecified atom stereocenters. The highest BCUT2D eigenvalue weighted by atomic mass is 16.5. The van der Waals surface area contributed by atoms with Gasteiger partial charge < -0.3 is 9.84 Å². The minimum absolute atomic E-state index is 0.0890. The average molecular weight is 321 g/mol. The summed E-state index contributed by atoms with van der Waals surface area (Å²) in [5.74, 6) is 0.746. The van der Waals surface area contributed by atoms with Crippen molar-refractivity contribution in [1.82, 2.24) is 10.1 Å². The number of anilines is 1. The SMILES string of the molecule is Cc1ccc(C)c(NC(=O)Cc2noc(Cc3ccccc3)n2)c1. The normalized spacial score (nSPS) is 10.6. The quantitative estimate of drug-likeness (QED) is 0.781. The van der Waals surface area contributed by atoms with E-state index in [1.165, 1.54) is 0 Å². The molecule has 5 nitrogen and oxygen atoms in total. The molecule has 0 spiro atoms. The van der Waals surface area contributed by atoms with E-state index in [4.69, 9.17) is 4.52 Å². The summed E-state index contributed by atoms with van der Waals surface area (Å²) in [7, 11) is 0. The van der Waals surface area contributed by atoms with Crippen LogP contribution in [0.25, 0.3) is 0 Å². The Hall–Kier alpha value is -2.95. The first-order valence-electron chi connectivity index (χ1n) is 7.82. The second-order valence-corrected chi connectivity index (χ2v) is 5.81. The zero-order chi connectivity index (χ0) is 16.9. The molecule has 3 aromatic rings. The Morgan fingerprint density at radius 3 is 2.71 bits per heavy atom. The molecule has 122 valence electrons. The van der Waals surface area contributed by atoms with Gasteiger partial charge in [-0.05, 0) is 36.6 Å². The molecule has 1 N–H and O–H groups in total. The van der Waals surface area contributed by atoms with Gasteiger partial charge in [0.2, 0.25) is 11.8 Å². The molecule has 0 bridgehead atoms. The van der Waals surface area contributed by atoms with Crippen LogP contribution in [-0.4, -0.2) is 16.0 Å². The lowest BCUT2D eigenvalue weighted by Crippen LogP contribution is -2.16. The maximum atomic E-state index is 12.2. The van der Waals surface area contributed by atoms with Crippen LogP contribution in [0.1, 0.15) is 28.4 Å². The number of amides is 1. The number of hydrogen-bond donors (Lipinski definition) is 1. The summed E-state index contributed by atoms with van der Waals surface area (Å²) in [5, 5.41) is 6.78. The summed E-state index contributed by atoms with van der Waals surface area (Å²) in [6.07, 6.45) is 0.651. The van der Waals surface area contributed by atoms with Crippen LogP contribution in [0.2, 0.25) is 0 Å². The van der Waals surface area contributed by atoms with E-state index in [0.717, 1.165) is 22.4 Å².